The Hall–Kier alpha value is -1.15. The number of hydrogen-bond acceptors (Lipinski definition) is 2. The number of hydrogen-bond donors (Lipinski definition) is 0. The largest absolute Gasteiger partial charge is 0.442 e. The summed E-state index contributed by atoms with van der Waals surface area (Å²) in [5.74, 6) is -0.154. The SMILES string of the molecule is N#Cc1cccc(CSC(F)(F)F)c1. The Morgan fingerprint density at radius 1 is 1.36 bits per heavy atom. The maximum absolute atomic E-state index is 11.8. The fourth-order valence-electron chi connectivity index (χ4n) is 0.896. The molecule has 5 heteroatoms. The van der Waals surface area contributed by atoms with Gasteiger partial charge >= 0.3 is 5.51 Å². The summed E-state index contributed by atoms with van der Waals surface area (Å²) in [6.45, 7) is 0. The van der Waals surface area contributed by atoms with Crippen molar-refractivity contribution in [3.8, 4) is 6.07 Å². The van der Waals surface area contributed by atoms with Crippen LogP contribution in [0, 0.1) is 11.3 Å². The van der Waals surface area contributed by atoms with Gasteiger partial charge in [-0.1, -0.05) is 12.1 Å². The summed E-state index contributed by atoms with van der Waals surface area (Å²) in [6.07, 6.45) is 0. The Balaban J connectivity index is 2.65. The third-order valence-corrected chi connectivity index (χ3v) is 2.26. The Bertz CT molecular complexity index is 354. The molecule has 74 valence electrons. The number of halogens is 3. The average Bonchev–Trinajstić information content (AvgIpc) is 2.14. The standard InChI is InChI=1S/C9H6F3NS/c10-9(11,12)14-6-8-3-1-2-7(4-8)5-13/h1-4H,6H2. The fourth-order valence-corrected chi connectivity index (χ4v) is 1.41. The third kappa shape index (κ3) is 3.71. The van der Waals surface area contributed by atoms with Crippen LogP contribution in [0.3, 0.4) is 0 Å². The molecule has 1 aromatic rings. The van der Waals surface area contributed by atoms with E-state index in [-0.39, 0.29) is 17.5 Å². The molecular formula is C9H6F3NS. The summed E-state index contributed by atoms with van der Waals surface area (Å²) in [6, 6.07) is 8.03. The lowest BCUT2D eigenvalue weighted by molar-refractivity contribution is -0.0329. The van der Waals surface area contributed by atoms with E-state index in [1.807, 2.05) is 6.07 Å². The van der Waals surface area contributed by atoms with Crippen molar-refractivity contribution in [2.45, 2.75) is 11.3 Å². The molecular weight excluding hydrogens is 211 g/mol. The second-order valence-corrected chi connectivity index (χ2v) is 3.59. The predicted molar refractivity (Wildman–Crippen MR) is 48.5 cm³/mol. The average molecular weight is 217 g/mol. The second kappa shape index (κ2) is 4.38. The van der Waals surface area contributed by atoms with Gasteiger partial charge in [-0.25, -0.2) is 0 Å². The summed E-state index contributed by atoms with van der Waals surface area (Å²) < 4.78 is 35.5. The third-order valence-electron chi connectivity index (χ3n) is 1.46. The van der Waals surface area contributed by atoms with Crippen molar-refractivity contribution in [1.29, 1.82) is 5.26 Å². The molecule has 0 saturated carbocycles. The lowest BCUT2D eigenvalue weighted by Crippen LogP contribution is -2.00. The Kier molecular flexibility index (Phi) is 3.42. The molecule has 0 amide bonds. The zero-order valence-electron chi connectivity index (χ0n) is 7.01. The van der Waals surface area contributed by atoms with Gasteiger partial charge in [-0.2, -0.15) is 18.4 Å². The van der Waals surface area contributed by atoms with Gasteiger partial charge in [-0.15, -0.1) is 0 Å². The highest BCUT2D eigenvalue weighted by Crippen LogP contribution is 2.32. The van der Waals surface area contributed by atoms with Crippen LogP contribution in [0.2, 0.25) is 0 Å². The van der Waals surface area contributed by atoms with E-state index in [0.29, 0.717) is 11.1 Å². The molecule has 1 rings (SSSR count). The first kappa shape index (κ1) is 10.9. The molecule has 0 unspecified atom stereocenters. The molecule has 14 heavy (non-hydrogen) atoms. The zero-order valence-corrected chi connectivity index (χ0v) is 7.82. The molecule has 0 bridgehead atoms. The molecule has 0 radical (unpaired) electrons. The van der Waals surface area contributed by atoms with E-state index in [1.54, 1.807) is 18.2 Å². The van der Waals surface area contributed by atoms with Gasteiger partial charge in [0.25, 0.3) is 0 Å². The van der Waals surface area contributed by atoms with E-state index >= 15 is 0 Å². The van der Waals surface area contributed by atoms with Gasteiger partial charge in [0.15, 0.2) is 0 Å². The normalized spacial score (nSPS) is 11.0. The van der Waals surface area contributed by atoms with Crippen molar-refractivity contribution in [2.75, 3.05) is 0 Å². The molecule has 0 aromatic heterocycles. The minimum Gasteiger partial charge on any atom is -0.192 e. The second-order valence-electron chi connectivity index (χ2n) is 2.55. The molecule has 0 aliphatic carbocycles. The zero-order chi connectivity index (χ0) is 10.6. The first-order valence-corrected chi connectivity index (χ1v) is 4.69. The maximum atomic E-state index is 11.8. The summed E-state index contributed by atoms with van der Waals surface area (Å²) >= 11 is -0.104. The van der Waals surface area contributed by atoms with Crippen LogP contribution in [0.5, 0.6) is 0 Å². The number of nitriles is 1. The van der Waals surface area contributed by atoms with Gasteiger partial charge in [-0.05, 0) is 29.5 Å². The van der Waals surface area contributed by atoms with E-state index in [9.17, 15) is 13.2 Å². The Morgan fingerprint density at radius 2 is 2.07 bits per heavy atom. The number of thioether (sulfide) groups is 1. The van der Waals surface area contributed by atoms with Crippen LogP contribution >= 0.6 is 11.8 Å². The Labute approximate surface area is 83.5 Å². The van der Waals surface area contributed by atoms with Gasteiger partial charge < -0.3 is 0 Å². The van der Waals surface area contributed by atoms with Crippen molar-refractivity contribution < 1.29 is 13.2 Å². The highest BCUT2D eigenvalue weighted by atomic mass is 32.2. The fraction of sp³-hybridized carbons (Fsp3) is 0.222. The number of nitrogens with zero attached hydrogens (tertiary/aromatic N) is 1. The van der Waals surface area contributed by atoms with Crippen molar-refractivity contribution in [3.63, 3.8) is 0 Å². The van der Waals surface area contributed by atoms with Crippen molar-refractivity contribution in [2.24, 2.45) is 0 Å². The monoisotopic (exact) mass is 217 g/mol. The van der Waals surface area contributed by atoms with Gasteiger partial charge in [0.2, 0.25) is 0 Å². The minimum absolute atomic E-state index is 0.104. The molecule has 0 spiro atoms. The molecule has 1 nitrogen and oxygen atoms in total. The van der Waals surface area contributed by atoms with Gasteiger partial charge in [0.1, 0.15) is 0 Å². The van der Waals surface area contributed by atoms with Crippen LogP contribution in [0.15, 0.2) is 24.3 Å². The first-order valence-electron chi connectivity index (χ1n) is 3.71. The number of rotatable bonds is 2. The molecule has 0 fully saturated rings. The lowest BCUT2D eigenvalue weighted by atomic mass is 10.2. The summed E-state index contributed by atoms with van der Waals surface area (Å²) in [4.78, 5) is 0. The van der Waals surface area contributed by atoms with Crippen LogP contribution in [0.4, 0.5) is 13.2 Å². The highest BCUT2D eigenvalue weighted by Gasteiger charge is 2.27. The highest BCUT2D eigenvalue weighted by molar-refractivity contribution is 7.99. The lowest BCUT2D eigenvalue weighted by Gasteiger charge is -2.05. The van der Waals surface area contributed by atoms with Gasteiger partial charge in [0, 0.05) is 5.75 Å². The molecule has 0 atom stereocenters. The minimum atomic E-state index is -4.22. The van der Waals surface area contributed by atoms with Crippen LogP contribution in [0.25, 0.3) is 0 Å². The first-order chi connectivity index (χ1) is 6.51. The maximum Gasteiger partial charge on any atom is 0.442 e. The van der Waals surface area contributed by atoms with E-state index < -0.39 is 5.51 Å². The molecule has 0 saturated heterocycles. The quantitative estimate of drug-likeness (QED) is 0.758. The van der Waals surface area contributed by atoms with E-state index in [1.165, 1.54) is 6.07 Å². The molecule has 0 N–H and O–H groups in total. The van der Waals surface area contributed by atoms with E-state index in [0.717, 1.165) is 0 Å². The summed E-state index contributed by atoms with van der Waals surface area (Å²) in [7, 11) is 0. The Morgan fingerprint density at radius 3 is 2.64 bits per heavy atom. The molecule has 0 aliphatic rings. The van der Waals surface area contributed by atoms with Crippen molar-refractivity contribution >= 4 is 11.8 Å². The predicted octanol–water partition coefficient (Wildman–Crippen LogP) is 3.31. The topological polar surface area (TPSA) is 23.8 Å². The van der Waals surface area contributed by atoms with Crippen molar-refractivity contribution in [1.82, 2.24) is 0 Å². The smallest absolute Gasteiger partial charge is 0.192 e. The van der Waals surface area contributed by atoms with Gasteiger partial charge in [-0.3, -0.25) is 0 Å². The van der Waals surface area contributed by atoms with Crippen LogP contribution in [0.1, 0.15) is 11.1 Å². The number of alkyl halides is 3. The van der Waals surface area contributed by atoms with Crippen molar-refractivity contribution in [3.05, 3.63) is 35.4 Å². The van der Waals surface area contributed by atoms with Gasteiger partial charge in [0.05, 0.1) is 11.6 Å². The molecule has 1 aromatic carbocycles. The summed E-state index contributed by atoms with van der Waals surface area (Å²) in [5.41, 5.74) is -3.33. The molecule has 0 heterocycles. The van der Waals surface area contributed by atoms with Crippen LogP contribution in [-0.4, -0.2) is 5.51 Å². The van der Waals surface area contributed by atoms with E-state index in [2.05, 4.69) is 0 Å². The number of benzene rings is 1. The van der Waals surface area contributed by atoms with Crippen LogP contribution in [-0.2, 0) is 5.75 Å². The molecule has 0 aliphatic heterocycles. The van der Waals surface area contributed by atoms with Crippen LogP contribution < -0.4 is 0 Å². The van der Waals surface area contributed by atoms with E-state index in [4.69, 9.17) is 5.26 Å². The summed E-state index contributed by atoms with van der Waals surface area (Å²) in [5, 5.41) is 8.51.